The number of carboxylic acids is 1. The number of aliphatic hydroxyl groups excluding tert-OH is 1. The zero-order chi connectivity index (χ0) is 34.5. The van der Waals surface area contributed by atoms with E-state index in [-0.39, 0.29) is 35.2 Å². The fraction of sp³-hybridized carbons (Fsp3) is 0.816. The summed E-state index contributed by atoms with van der Waals surface area (Å²) >= 11 is 0. The molecule has 0 bridgehead atoms. The van der Waals surface area contributed by atoms with Crippen LogP contribution >= 0.6 is 0 Å². The summed E-state index contributed by atoms with van der Waals surface area (Å²) in [5.41, 5.74) is 0.337. The second-order valence-electron chi connectivity index (χ2n) is 15.0. The van der Waals surface area contributed by atoms with Gasteiger partial charge in [0.15, 0.2) is 0 Å². The molecule has 7 heteroatoms. The van der Waals surface area contributed by atoms with Crippen molar-refractivity contribution in [1.29, 1.82) is 0 Å². The Hall–Kier alpha value is -1.83. The van der Waals surface area contributed by atoms with Crippen LogP contribution in [0.25, 0.3) is 0 Å². The lowest BCUT2D eigenvalue weighted by atomic mass is 9.71. The molecule has 3 aliphatic carbocycles. The highest BCUT2D eigenvalue weighted by Crippen LogP contribution is 2.65. The Morgan fingerprint density at radius 3 is 2.02 bits per heavy atom. The smallest absolute Gasteiger partial charge is 0.303 e. The second kappa shape index (κ2) is 19.1. The van der Waals surface area contributed by atoms with Gasteiger partial charge in [0.2, 0.25) is 0 Å². The van der Waals surface area contributed by atoms with Crippen LogP contribution in [0, 0.1) is 40.9 Å². The van der Waals surface area contributed by atoms with Gasteiger partial charge in [-0.1, -0.05) is 105 Å². The molecule has 0 aromatic heterocycles. The van der Waals surface area contributed by atoms with E-state index < -0.39 is 23.8 Å². The van der Waals surface area contributed by atoms with E-state index >= 15 is 0 Å². The number of aliphatic hydroxyl groups is 2. The van der Waals surface area contributed by atoms with Crippen LogP contribution in [0.2, 0.25) is 0 Å². The number of fused-ring (bicyclic) bond motifs is 2. The zero-order valence-corrected chi connectivity index (χ0v) is 29.9. The Kier molecular flexibility index (Phi) is 17.5. The van der Waals surface area contributed by atoms with Gasteiger partial charge in [0.25, 0.3) is 0 Å². The second-order valence-corrected chi connectivity index (χ2v) is 15.0. The van der Waals surface area contributed by atoms with Crippen LogP contribution in [0.15, 0.2) is 23.3 Å². The summed E-state index contributed by atoms with van der Waals surface area (Å²) in [6.07, 6.45) is 15.8. The van der Waals surface area contributed by atoms with Crippen molar-refractivity contribution < 1.29 is 34.4 Å². The van der Waals surface area contributed by atoms with Crippen molar-refractivity contribution in [3.8, 4) is 0 Å². The molecule has 0 spiro atoms. The van der Waals surface area contributed by atoms with Crippen molar-refractivity contribution >= 4 is 19.0 Å². The molecule has 260 valence electrons. The Labute approximate surface area is 274 Å². The summed E-state index contributed by atoms with van der Waals surface area (Å²) < 4.78 is 6.45. The van der Waals surface area contributed by atoms with Gasteiger partial charge in [-0.2, -0.15) is 0 Å². The molecule has 5 unspecified atom stereocenters. The van der Waals surface area contributed by atoms with Crippen LogP contribution in [0.5, 0.6) is 0 Å². The zero-order valence-electron chi connectivity index (χ0n) is 29.9. The van der Waals surface area contributed by atoms with Crippen molar-refractivity contribution in [2.45, 2.75) is 157 Å². The number of carbonyl (C=O) groups excluding carboxylic acids is 2. The Balaban J connectivity index is 0.000000536. The maximum atomic E-state index is 12.0. The molecule has 0 heterocycles. The standard InChI is InChI=1S/C25H40O4.C12H24O2.CH2O/c1-13(2)17(6)29-23-16(5)9-18(12-26)21-20(24(21,7)8)10-14(3)19-11-15(4)22(27)25(19,23)28;1-2-3-4-5-6-7-8-9-10-11-12(13)14;1-2/h9,11-14,17-23,27-28H,10H2,1-8H3;2-11H2,1H3,(H,13,14);1H2/b16-9-;;/t14-,17?,18-,19?,20?,21?,22?,23-,25-;;/m1../s1. The SMILES string of the molecule is C=O.CC1=CC2[C@H](C)CC3C([C@@H](C=O)/C=C(/C)[C@@H](OC(C)C(C)C)[C@]2(O)C1O)C3(C)C.CCCCCCCCCCCC(=O)O. The topological polar surface area (TPSA) is 121 Å². The molecule has 0 aromatic rings. The minimum absolute atomic E-state index is 0.0841. The van der Waals surface area contributed by atoms with E-state index in [0.29, 0.717) is 18.3 Å². The van der Waals surface area contributed by atoms with Crippen LogP contribution in [0.3, 0.4) is 0 Å². The number of aldehydes is 1. The molecule has 3 rings (SSSR count). The molecule has 1 fully saturated rings. The fourth-order valence-electron chi connectivity index (χ4n) is 7.70. The summed E-state index contributed by atoms with van der Waals surface area (Å²) in [6.45, 7) is 20.9. The van der Waals surface area contributed by atoms with Gasteiger partial charge in [-0.3, -0.25) is 4.79 Å². The number of allylic oxidation sites excluding steroid dienone is 1. The van der Waals surface area contributed by atoms with Crippen LogP contribution in [0.1, 0.15) is 133 Å². The van der Waals surface area contributed by atoms with E-state index in [1.54, 1.807) is 0 Å². The van der Waals surface area contributed by atoms with Crippen molar-refractivity contribution in [1.82, 2.24) is 0 Å². The summed E-state index contributed by atoms with van der Waals surface area (Å²) in [7, 11) is 0. The van der Waals surface area contributed by atoms with Gasteiger partial charge < -0.3 is 29.6 Å². The third kappa shape index (κ3) is 10.9. The number of ether oxygens (including phenoxy) is 1. The predicted octanol–water partition coefficient (Wildman–Crippen LogP) is 7.96. The lowest BCUT2D eigenvalue weighted by Crippen LogP contribution is -2.58. The Bertz CT molecular complexity index is 969. The van der Waals surface area contributed by atoms with Gasteiger partial charge in [0.05, 0.1) is 6.10 Å². The number of carboxylic acid groups (broad SMARTS) is 1. The average Bonchev–Trinajstić information content (AvgIpc) is 3.44. The number of hydrogen-bond donors (Lipinski definition) is 3. The first kappa shape index (κ1) is 41.2. The van der Waals surface area contributed by atoms with Crippen molar-refractivity contribution in [2.24, 2.45) is 40.9 Å². The van der Waals surface area contributed by atoms with E-state index in [4.69, 9.17) is 14.6 Å². The monoisotopic (exact) mass is 634 g/mol. The van der Waals surface area contributed by atoms with Crippen LogP contribution in [0.4, 0.5) is 0 Å². The summed E-state index contributed by atoms with van der Waals surface area (Å²) in [4.78, 5) is 30.2. The van der Waals surface area contributed by atoms with E-state index in [2.05, 4.69) is 47.6 Å². The van der Waals surface area contributed by atoms with Crippen LogP contribution in [-0.4, -0.2) is 58.3 Å². The molecule has 0 saturated heterocycles. The Morgan fingerprint density at radius 2 is 1.53 bits per heavy atom. The van der Waals surface area contributed by atoms with Crippen molar-refractivity contribution in [2.75, 3.05) is 0 Å². The van der Waals surface area contributed by atoms with Crippen molar-refractivity contribution in [3.05, 3.63) is 23.3 Å². The van der Waals surface area contributed by atoms with Crippen LogP contribution < -0.4 is 0 Å². The van der Waals surface area contributed by atoms with Gasteiger partial charge in [-0.05, 0) is 73.8 Å². The fourth-order valence-corrected chi connectivity index (χ4v) is 7.70. The summed E-state index contributed by atoms with van der Waals surface area (Å²) in [6, 6.07) is 0. The van der Waals surface area contributed by atoms with E-state index in [9.17, 15) is 19.8 Å². The first-order chi connectivity index (χ1) is 21.1. The maximum absolute atomic E-state index is 12.0. The first-order valence-corrected chi connectivity index (χ1v) is 17.5. The molecule has 0 aliphatic heterocycles. The molecular formula is C38H66O7. The molecular weight excluding hydrogens is 568 g/mol. The number of hydrogen-bond acceptors (Lipinski definition) is 6. The molecule has 45 heavy (non-hydrogen) atoms. The van der Waals surface area contributed by atoms with Gasteiger partial charge in [-0.15, -0.1) is 0 Å². The van der Waals surface area contributed by atoms with E-state index in [0.717, 1.165) is 36.7 Å². The highest BCUT2D eigenvalue weighted by atomic mass is 16.5. The Morgan fingerprint density at radius 1 is 1.00 bits per heavy atom. The number of unbranched alkanes of at least 4 members (excludes halogenated alkanes) is 8. The highest BCUT2D eigenvalue weighted by molar-refractivity contribution is 5.66. The third-order valence-corrected chi connectivity index (χ3v) is 10.9. The highest BCUT2D eigenvalue weighted by Gasteiger charge is 2.63. The molecule has 9 atom stereocenters. The van der Waals surface area contributed by atoms with Gasteiger partial charge in [0.1, 0.15) is 30.9 Å². The molecule has 0 amide bonds. The molecule has 3 N–H and O–H groups in total. The van der Waals surface area contributed by atoms with Gasteiger partial charge >= 0.3 is 5.97 Å². The molecule has 1 saturated carbocycles. The number of rotatable bonds is 14. The predicted molar refractivity (Wildman–Crippen MR) is 182 cm³/mol. The first-order valence-electron chi connectivity index (χ1n) is 17.5. The van der Waals surface area contributed by atoms with E-state index in [1.165, 1.54) is 44.9 Å². The molecule has 0 radical (unpaired) electrons. The van der Waals surface area contributed by atoms with Crippen molar-refractivity contribution in [3.63, 3.8) is 0 Å². The summed E-state index contributed by atoms with van der Waals surface area (Å²) in [5, 5.41) is 31.5. The molecule has 3 aliphatic rings. The maximum Gasteiger partial charge on any atom is 0.303 e. The van der Waals surface area contributed by atoms with E-state index in [1.807, 2.05) is 33.6 Å². The molecule has 0 aromatic carbocycles. The third-order valence-electron chi connectivity index (χ3n) is 10.9. The quantitative estimate of drug-likeness (QED) is 0.101. The normalized spacial score (nSPS) is 33.5. The van der Waals surface area contributed by atoms with Gasteiger partial charge in [0, 0.05) is 18.3 Å². The minimum Gasteiger partial charge on any atom is -0.481 e. The number of aliphatic carboxylic acids is 1. The molecule has 7 nitrogen and oxygen atoms in total. The number of carbonyl (C=O) groups is 3. The minimum atomic E-state index is -1.42. The lowest BCUT2D eigenvalue weighted by molar-refractivity contribution is -0.181. The largest absolute Gasteiger partial charge is 0.481 e. The average molecular weight is 635 g/mol. The van der Waals surface area contributed by atoms with Gasteiger partial charge in [-0.25, -0.2) is 0 Å². The lowest BCUT2D eigenvalue weighted by Gasteiger charge is -2.45. The van der Waals surface area contributed by atoms with Crippen LogP contribution in [-0.2, 0) is 19.1 Å². The summed E-state index contributed by atoms with van der Waals surface area (Å²) in [5.74, 6) is 0.194.